The van der Waals surface area contributed by atoms with Crippen molar-refractivity contribution in [1.29, 1.82) is 0 Å². The highest BCUT2D eigenvalue weighted by Crippen LogP contribution is 2.18. The zero-order valence-corrected chi connectivity index (χ0v) is 12.9. The first-order valence-corrected chi connectivity index (χ1v) is 7.28. The summed E-state index contributed by atoms with van der Waals surface area (Å²) in [6, 6.07) is 1.98. The Morgan fingerprint density at radius 2 is 2.16 bits per heavy atom. The van der Waals surface area contributed by atoms with Gasteiger partial charge in [-0.3, -0.25) is 4.68 Å². The highest BCUT2D eigenvalue weighted by atomic mass is 16.5. The van der Waals surface area contributed by atoms with Crippen molar-refractivity contribution in [2.45, 2.75) is 33.2 Å². The van der Waals surface area contributed by atoms with Crippen LogP contribution in [0.4, 0.5) is 0 Å². The van der Waals surface area contributed by atoms with Crippen molar-refractivity contribution in [2.75, 3.05) is 33.9 Å². The van der Waals surface area contributed by atoms with Crippen LogP contribution in [0.1, 0.15) is 26.7 Å². The zero-order chi connectivity index (χ0) is 14.1. The van der Waals surface area contributed by atoms with Crippen LogP contribution in [0.25, 0.3) is 0 Å². The molecule has 1 heterocycles. The van der Waals surface area contributed by atoms with Crippen molar-refractivity contribution in [3.63, 3.8) is 0 Å². The quantitative estimate of drug-likeness (QED) is 0.652. The molecule has 0 radical (unpaired) electrons. The molecule has 1 unspecified atom stereocenters. The maximum absolute atomic E-state index is 5.13. The Hall–Kier alpha value is -0.870. The lowest BCUT2D eigenvalue weighted by molar-refractivity contribution is 0.142. The smallest absolute Gasteiger partial charge is 0.0589 e. The number of likely N-dealkylation sites (N-methyl/N-ethyl adjacent to an activating group) is 1. The lowest BCUT2D eigenvalue weighted by Gasteiger charge is -2.26. The van der Waals surface area contributed by atoms with Gasteiger partial charge in [0, 0.05) is 39.1 Å². The first-order chi connectivity index (χ1) is 9.13. The molecule has 0 spiro atoms. The molecule has 0 aliphatic carbocycles. The molecule has 0 aromatic carbocycles. The van der Waals surface area contributed by atoms with Gasteiger partial charge < -0.3 is 9.64 Å². The first-order valence-electron chi connectivity index (χ1n) is 7.28. The van der Waals surface area contributed by atoms with Crippen molar-refractivity contribution in [3.05, 3.63) is 18.5 Å². The average Bonchev–Trinajstić information content (AvgIpc) is 2.88. The molecule has 1 aromatic heterocycles. The molecule has 0 saturated heterocycles. The van der Waals surface area contributed by atoms with Gasteiger partial charge in [0.1, 0.15) is 0 Å². The molecule has 0 amide bonds. The van der Waals surface area contributed by atoms with E-state index >= 15 is 0 Å². The summed E-state index contributed by atoms with van der Waals surface area (Å²) in [6.07, 6.45) is 6.34. The third-order valence-corrected chi connectivity index (χ3v) is 3.69. The molecule has 0 aliphatic heterocycles. The molecule has 4 nitrogen and oxygen atoms in total. The van der Waals surface area contributed by atoms with E-state index in [0.29, 0.717) is 0 Å². The number of hydrogen-bond donors (Lipinski definition) is 0. The SMILES string of the molecule is COCCN(C)CC(CCCn1cccn1)C(C)C. The largest absolute Gasteiger partial charge is 0.383 e. The second-order valence-corrected chi connectivity index (χ2v) is 5.67. The van der Waals surface area contributed by atoms with Crippen LogP contribution >= 0.6 is 0 Å². The van der Waals surface area contributed by atoms with Gasteiger partial charge >= 0.3 is 0 Å². The molecule has 110 valence electrons. The number of aryl methyl sites for hydroxylation is 1. The van der Waals surface area contributed by atoms with E-state index < -0.39 is 0 Å². The van der Waals surface area contributed by atoms with Crippen LogP contribution < -0.4 is 0 Å². The monoisotopic (exact) mass is 267 g/mol. The molecule has 1 rings (SSSR count). The lowest BCUT2D eigenvalue weighted by Crippen LogP contribution is -2.31. The second kappa shape index (κ2) is 9.10. The van der Waals surface area contributed by atoms with Crippen LogP contribution in [-0.2, 0) is 11.3 Å². The van der Waals surface area contributed by atoms with Gasteiger partial charge in [0.15, 0.2) is 0 Å². The fourth-order valence-corrected chi connectivity index (χ4v) is 2.32. The molecule has 19 heavy (non-hydrogen) atoms. The van der Waals surface area contributed by atoms with Crippen molar-refractivity contribution in [1.82, 2.24) is 14.7 Å². The summed E-state index contributed by atoms with van der Waals surface area (Å²) in [5.41, 5.74) is 0. The molecular formula is C15H29N3O. The molecule has 0 fully saturated rings. The summed E-state index contributed by atoms with van der Waals surface area (Å²) in [6.45, 7) is 8.65. The first kappa shape index (κ1) is 16.2. The maximum Gasteiger partial charge on any atom is 0.0589 e. The van der Waals surface area contributed by atoms with Gasteiger partial charge in [0.25, 0.3) is 0 Å². The van der Waals surface area contributed by atoms with Gasteiger partial charge in [-0.2, -0.15) is 5.10 Å². The summed E-state index contributed by atoms with van der Waals surface area (Å²) < 4.78 is 7.15. The Morgan fingerprint density at radius 1 is 1.37 bits per heavy atom. The van der Waals surface area contributed by atoms with E-state index in [-0.39, 0.29) is 0 Å². The highest BCUT2D eigenvalue weighted by molar-refractivity contribution is 4.77. The van der Waals surface area contributed by atoms with Gasteiger partial charge in [-0.05, 0) is 37.8 Å². The van der Waals surface area contributed by atoms with Gasteiger partial charge in [-0.25, -0.2) is 0 Å². The van der Waals surface area contributed by atoms with Crippen LogP contribution in [0.2, 0.25) is 0 Å². The second-order valence-electron chi connectivity index (χ2n) is 5.67. The Bertz CT molecular complexity index is 311. The maximum atomic E-state index is 5.13. The Kier molecular flexibility index (Phi) is 7.75. The van der Waals surface area contributed by atoms with Crippen LogP contribution in [0.5, 0.6) is 0 Å². The van der Waals surface area contributed by atoms with Crippen LogP contribution in [-0.4, -0.2) is 48.5 Å². The number of hydrogen-bond acceptors (Lipinski definition) is 3. The zero-order valence-electron chi connectivity index (χ0n) is 12.9. The normalized spacial score (nSPS) is 13.4. The molecule has 0 saturated carbocycles. The molecule has 0 bridgehead atoms. The number of aromatic nitrogens is 2. The van der Waals surface area contributed by atoms with Crippen LogP contribution in [0.15, 0.2) is 18.5 Å². The fraction of sp³-hybridized carbons (Fsp3) is 0.800. The molecule has 1 aromatic rings. The highest BCUT2D eigenvalue weighted by Gasteiger charge is 2.15. The van der Waals surface area contributed by atoms with Gasteiger partial charge in [0.05, 0.1) is 6.61 Å². The Labute approximate surface area is 117 Å². The van der Waals surface area contributed by atoms with E-state index in [2.05, 4.69) is 30.9 Å². The third kappa shape index (κ3) is 6.73. The van der Waals surface area contributed by atoms with Crippen molar-refractivity contribution >= 4 is 0 Å². The van der Waals surface area contributed by atoms with E-state index in [1.165, 1.54) is 12.8 Å². The van der Waals surface area contributed by atoms with E-state index in [0.717, 1.165) is 38.1 Å². The molecular weight excluding hydrogens is 238 g/mol. The minimum Gasteiger partial charge on any atom is -0.383 e. The van der Waals surface area contributed by atoms with Crippen LogP contribution in [0.3, 0.4) is 0 Å². The minimum absolute atomic E-state index is 0.725. The van der Waals surface area contributed by atoms with E-state index in [1.54, 1.807) is 7.11 Å². The molecule has 4 heteroatoms. The van der Waals surface area contributed by atoms with Crippen LogP contribution in [0, 0.1) is 11.8 Å². The van der Waals surface area contributed by atoms with Crippen molar-refractivity contribution in [2.24, 2.45) is 11.8 Å². The fourth-order valence-electron chi connectivity index (χ4n) is 2.32. The predicted molar refractivity (Wildman–Crippen MR) is 79.2 cm³/mol. The van der Waals surface area contributed by atoms with Crippen molar-refractivity contribution < 1.29 is 4.74 Å². The van der Waals surface area contributed by atoms with Gasteiger partial charge in [0.2, 0.25) is 0 Å². The summed E-state index contributed by atoms with van der Waals surface area (Å²) in [7, 11) is 3.94. The molecule has 0 N–H and O–H groups in total. The predicted octanol–water partition coefficient (Wildman–Crippen LogP) is 2.51. The summed E-state index contributed by atoms with van der Waals surface area (Å²) in [5.74, 6) is 1.47. The number of methoxy groups -OCH3 is 1. The summed E-state index contributed by atoms with van der Waals surface area (Å²) >= 11 is 0. The summed E-state index contributed by atoms with van der Waals surface area (Å²) in [5, 5.41) is 4.25. The van der Waals surface area contributed by atoms with Crippen molar-refractivity contribution in [3.8, 4) is 0 Å². The van der Waals surface area contributed by atoms with Gasteiger partial charge in [-0.15, -0.1) is 0 Å². The third-order valence-electron chi connectivity index (χ3n) is 3.69. The Balaban J connectivity index is 2.27. The van der Waals surface area contributed by atoms with E-state index in [1.807, 2.05) is 23.1 Å². The Morgan fingerprint density at radius 3 is 2.74 bits per heavy atom. The topological polar surface area (TPSA) is 30.3 Å². The van der Waals surface area contributed by atoms with E-state index in [9.17, 15) is 0 Å². The van der Waals surface area contributed by atoms with Gasteiger partial charge in [-0.1, -0.05) is 13.8 Å². The minimum atomic E-state index is 0.725. The average molecular weight is 267 g/mol. The standard InChI is InChI=1S/C15H29N3O/c1-14(2)15(13-17(3)11-12-19-4)7-5-9-18-10-6-8-16-18/h6,8,10,14-15H,5,7,9,11-13H2,1-4H3. The number of ether oxygens (including phenoxy) is 1. The molecule has 1 atom stereocenters. The summed E-state index contributed by atoms with van der Waals surface area (Å²) in [4.78, 5) is 2.38. The number of nitrogens with zero attached hydrogens (tertiary/aromatic N) is 3. The number of rotatable bonds is 10. The lowest BCUT2D eigenvalue weighted by atomic mass is 9.90. The van der Waals surface area contributed by atoms with E-state index in [4.69, 9.17) is 4.74 Å². The molecule has 0 aliphatic rings.